The largest absolute Gasteiger partial charge is 0.391 e. The van der Waals surface area contributed by atoms with Crippen molar-refractivity contribution in [3.63, 3.8) is 0 Å². The molecule has 0 spiro atoms. The van der Waals surface area contributed by atoms with Crippen LogP contribution >= 0.6 is 0 Å². The molecule has 1 aromatic heterocycles. The molecule has 2 fully saturated rings. The lowest BCUT2D eigenvalue weighted by Gasteiger charge is -2.34. The molecule has 1 saturated heterocycles. The van der Waals surface area contributed by atoms with Gasteiger partial charge in [-0.25, -0.2) is 0 Å². The predicted molar refractivity (Wildman–Crippen MR) is 83.2 cm³/mol. The van der Waals surface area contributed by atoms with Crippen molar-refractivity contribution < 1.29 is 18.0 Å². The summed E-state index contributed by atoms with van der Waals surface area (Å²) in [6.07, 6.45) is 2.49. The van der Waals surface area contributed by atoms with Gasteiger partial charge in [0.1, 0.15) is 0 Å². The van der Waals surface area contributed by atoms with Gasteiger partial charge in [0, 0.05) is 18.7 Å². The molecule has 0 N–H and O–H groups in total. The normalized spacial score (nSPS) is 28.3. The fourth-order valence-electron chi connectivity index (χ4n) is 4.04. The van der Waals surface area contributed by atoms with Gasteiger partial charge in [0.25, 0.3) is 0 Å². The van der Waals surface area contributed by atoms with E-state index in [1.165, 1.54) is 0 Å². The quantitative estimate of drug-likeness (QED) is 0.842. The van der Waals surface area contributed by atoms with Crippen LogP contribution in [0.5, 0.6) is 0 Å². The minimum atomic E-state index is -4.18. The Morgan fingerprint density at radius 1 is 1.29 bits per heavy atom. The zero-order valence-electron chi connectivity index (χ0n) is 13.9. The molecule has 0 bridgehead atoms. The van der Waals surface area contributed by atoms with E-state index in [1.807, 2.05) is 17.8 Å². The molecule has 2 aliphatic rings. The average Bonchev–Trinajstić information content (AvgIpc) is 3.15. The summed E-state index contributed by atoms with van der Waals surface area (Å²) in [7, 11) is 0. The monoisotopic (exact) mass is 343 g/mol. The molecule has 24 heavy (non-hydrogen) atoms. The summed E-state index contributed by atoms with van der Waals surface area (Å²) in [5.74, 6) is -1.89. The maximum atomic E-state index is 13.0. The third-order valence-electron chi connectivity index (χ3n) is 5.31. The van der Waals surface area contributed by atoms with Crippen LogP contribution in [0.4, 0.5) is 13.2 Å². The van der Waals surface area contributed by atoms with Gasteiger partial charge in [-0.1, -0.05) is 6.42 Å². The van der Waals surface area contributed by atoms with Crippen LogP contribution in [0.15, 0.2) is 12.4 Å². The fourth-order valence-corrected chi connectivity index (χ4v) is 4.04. The molecule has 1 amide bonds. The SMILES string of the molecule is Cc1cnn(C[C@@H]2CCCN2C(=O)[C@@H]2CCC[C@H](C(F)(F)F)C2)c1. The van der Waals surface area contributed by atoms with Gasteiger partial charge in [0.2, 0.25) is 5.91 Å². The number of hydrogen-bond donors (Lipinski definition) is 0. The fraction of sp³-hybridized carbons (Fsp3) is 0.765. The smallest absolute Gasteiger partial charge is 0.338 e. The summed E-state index contributed by atoms with van der Waals surface area (Å²) in [6.45, 7) is 3.23. The Balaban J connectivity index is 1.64. The molecule has 0 aromatic carbocycles. The third-order valence-corrected chi connectivity index (χ3v) is 5.31. The van der Waals surface area contributed by atoms with Crippen LogP contribution in [-0.2, 0) is 11.3 Å². The van der Waals surface area contributed by atoms with Crippen molar-refractivity contribution in [2.24, 2.45) is 11.8 Å². The van der Waals surface area contributed by atoms with Gasteiger partial charge >= 0.3 is 6.18 Å². The zero-order chi connectivity index (χ0) is 17.3. The highest BCUT2D eigenvalue weighted by Crippen LogP contribution is 2.41. The lowest BCUT2D eigenvalue weighted by atomic mass is 9.80. The number of carbonyl (C=O) groups excluding carboxylic acids is 1. The first kappa shape index (κ1) is 17.3. The maximum Gasteiger partial charge on any atom is 0.391 e. The number of aryl methyl sites for hydroxylation is 1. The van der Waals surface area contributed by atoms with Crippen molar-refractivity contribution in [2.75, 3.05) is 6.54 Å². The summed E-state index contributed by atoms with van der Waals surface area (Å²) >= 11 is 0. The van der Waals surface area contributed by atoms with Gasteiger partial charge in [-0.2, -0.15) is 18.3 Å². The first-order valence-corrected chi connectivity index (χ1v) is 8.71. The molecular weight excluding hydrogens is 319 g/mol. The minimum absolute atomic E-state index is 0.0445. The molecule has 134 valence electrons. The molecule has 1 aliphatic carbocycles. The van der Waals surface area contributed by atoms with E-state index >= 15 is 0 Å². The maximum absolute atomic E-state index is 13.0. The lowest BCUT2D eigenvalue weighted by molar-refractivity contribution is -0.187. The molecule has 0 unspecified atom stereocenters. The van der Waals surface area contributed by atoms with Crippen LogP contribution in [0.1, 0.15) is 44.1 Å². The number of amides is 1. The van der Waals surface area contributed by atoms with Crippen molar-refractivity contribution in [2.45, 2.75) is 64.2 Å². The molecular formula is C17H24F3N3O. The molecule has 3 rings (SSSR count). The number of halogens is 3. The molecule has 7 heteroatoms. The number of carbonyl (C=O) groups is 1. The third kappa shape index (κ3) is 3.75. The summed E-state index contributed by atoms with van der Waals surface area (Å²) in [5, 5.41) is 4.26. The Labute approximate surface area is 140 Å². The van der Waals surface area contributed by atoms with Crippen LogP contribution in [0, 0.1) is 18.8 Å². The summed E-state index contributed by atoms with van der Waals surface area (Å²) in [5.41, 5.74) is 1.06. The van der Waals surface area contributed by atoms with E-state index in [-0.39, 0.29) is 24.8 Å². The van der Waals surface area contributed by atoms with Crippen LogP contribution in [0.3, 0.4) is 0 Å². The van der Waals surface area contributed by atoms with Crippen molar-refractivity contribution in [1.82, 2.24) is 14.7 Å². The number of hydrogen-bond acceptors (Lipinski definition) is 2. The van der Waals surface area contributed by atoms with E-state index in [0.29, 0.717) is 25.9 Å². The van der Waals surface area contributed by atoms with Crippen LogP contribution in [0.25, 0.3) is 0 Å². The number of nitrogens with zero attached hydrogens (tertiary/aromatic N) is 3. The molecule has 1 aromatic rings. The highest BCUT2D eigenvalue weighted by Gasteiger charge is 2.45. The first-order valence-electron chi connectivity index (χ1n) is 8.71. The standard InChI is InChI=1S/C17H24F3N3O/c1-12-9-21-22(10-12)11-15-6-3-7-23(15)16(24)13-4-2-5-14(8-13)17(18,19)20/h9-10,13-15H,2-8,11H2,1H3/t13-,14+,15+/m1/s1. The molecule has 1 saturated carbocycles. The summed E-state index contributed by atoms with van der Waals surface area (Å²) in [6, 6.07) is 0.0445. The topological polar surface area (TPSA) is 38.1 Å². The number of alkyl halides is 3. The van der Waals surface area contributed by atoms with E-state index < -0.39 is 18.0 Å². The number of likely N-dealkylation sites (tertiary alicyclic amines) is 1. The van der Waals surface area contributed by atoms with Crippen molar-refractivity contribution in [3.8, 4) is 0 Å². The predicted octanol–water partition coefficient (Wildman–Crippen LogP) is 3.55. The number of rotatable bonds is 3. The zero-order valence-corrected chi connectivity index (χ0v) is 13.9. The van der Waals surface area contributed by atoms with Gasteiger partial charge in [0.15, 0.2) is 0 Å². The highest BCUT2D eigenvalue weighted by atomic mass is 19.4. The van der Waals surface area contributed by atoms with E-state index in [0.717, 1.165) is 18.4 Å². The van der Waals surface area contributed by atoms with E-state index in [9.17, 15) is 18.0 Å². The van der Waals surface area contributed by atoms with Gasteiger partial charge in [-0.15, -0.1) is 0 Å². The lowest BCUT2D eigenvalue weighted by Crippen LogP contribution is -2.44. The molecule has 1 aliphatic heterocycles. The van der Waals surface area contributed by atoms with Gasteiger partial charge in [-0.3, -0.25) is 9.48 Å². The Hall–Kier alpha value is -1.53. The van der Waals surface area contributed by atoms with Crippen LogP contribution < -0.4 is 0 Å². The van der Waals surface area contributed by atoms with E-state index in [1.54, 1.807) is 11.1 Å². The van der Waals surface area contributed by atoms with Gasteiger partial charge in [0.05, 0.1) is 24.7 Å². The van der Waals surface area contributed by atoms with Crippen molar-refractivity contribution in [3.05, 3.63) is 18.0 Å². The van der Waals surface area contributed by atoms with Crippen LogP contribution in [-0.4, -0.2) is 39.4 Å². The number of aromatic nitrogens is 2. The van der Waals surface area contributed by atoms with Crippen LogP contribution in [0.2, 0.25) is 0 Å². The van der Waals surface area contributed by atoms with Gasteiger partial charge < -0.3 is 4.90 Å². The van der Waals surface area contributed by atoms with Crippen molar-refractivity contribution >= 4 is 5.91 Å². The molecule has 0 radical (unpaired) electrons. The highest BCUT2D eigenvalue weighted by molar-refractivity contribution is 5.79. The summed E-state index contributed by atoms with van der Waals surface area (Å²) in [4.78, 5) is 14.6. The average molecular weight is 343 g/mol. The molecule has 4 nitrogen and oxygen atoms in total. The second-order valence-corrected chi connectivity index (χ2v) is 7.17. The Morgan fingerprint density at radius 2 is 2.08 bits per heavy atom. The van der Waals surface area contributed by atoms with Crippen molar-refractivity contribution in [1.29, 1.82) is 0 Å². The first-order chi connectivity index (χ1) is 11.3. The minimum Gasteiger partial charge on any atom is -0.338 e. The second-order valence-electron chi connectivity index (χ2n) is 7.17. The summed E-state index contributed by atoms with van der Waals surface area (Å²) < 4.78 is 40.8. The Bertz CT molecular complexity index is 584. The van der Waals surface area contributed by atoms with E-state index in [2.05, 4.69) is 5.10 Å². The Morgan fingerprint density at radius 3 is 2.75 bits per heavy atom. The molecule has 2 heterocycles. The molecule has 3 atom stereocenters. The second kappa shape index (κ2) is 6.76. The van der Waals surface area contributed by atoms with Gasteiger partial charge in [-0.05, 0) is 44.6 Å². The Kier molecular flexibility index (Phi) is 4.88. The van der Waals surface area contributed by atoms with E-state index in [4.69, 9.17) is 0 Å².